The summed E-state index contributed by atoms with van der Waals surface area (Å²) >= 11 is 4.21. The minimum Gasteiger partial charge on any atom is -0.303 e. The minimum atomic E-state index is 0.238. The van der Waals surface area contributed by atoms with Gasteiger partial charge in [0.1, 0.15) is 0 Å². The second-order valence-corrected chi connectivity index (χ2v) is 4.16. The van der Waals surface area contributed by atoms with Crippen LogP contribution in [0.5, 0.6) is 0 Å². The number of hydrogen-bond donors (Lipinski definition) is 2. The first-order valence-corrected chi connectivity index (χ1v) is 5.21. The van der Waals surface area contributed by atoms with Crippen LogP contribution in [0, 0.1) is 5.41 Å². The van der Waals surface area contributed by atoms with Crippen molar-refractivity contribution in [1.82, 2.24) is 0 Å². The topological polar surface area (TPSA) is 36.2 Å². The number of nitrogens with zero attached hydrogens (tertiary/aromatic N) is 1. The van der Waals surface area contributed by atoms with Crippen LogP contribution in [0.4, 0.5) is 0 Å². The molecule has 3 heteroatoms. The van der Waals surface area contributed by atoms with Crippen LogP contribution in [0.3, 0.4) is 0 Å². The lowest BCUT2D eigenvalue weighted by molar-refractivity contribution is 0.774. The fourth-order valence-corrected chi connectivity index (χ4v) is 1.37. The summed E-state index contributed by atoms with van der Waals surface area (Å²) in [6.07, 6.45) is 7.87. The Bertz CT molecular complexity index is 241. The Hall–Kier alpha value is -0.570. The van der Waals surface area contributed by atoms with Crippen LogP contribution in [-0.2, 0) is 0 Å². The van der Waals surface area contributed by atoms with Crippen molar-refractivity contribution < 1.29 is 0 Å². The van der Waals surface area contributed by atoms with E-state index in [2.05, 4.69) is 17.6 Å². The summed E-state index contributed by atoms with van der Waals surface area (Å²) in [5, 5.41) is 7.89. The average molecular weight is 196 g/mol. The van der Waals surface area contributed by atoms with Crippen molar-refractivity contribution in [2.75, 3.05) is 0 Å². The molecule has 0 aromatic carbocycles. The van der Waals surface area contributed by atoms with E-state index >= 15 is 0 Å². The van der Waals surface area contributed by atoms with Crippen molar-refractivity contribution >= 4 is 24.1 Å². The van der Waals surface area contributed by atoms with Gasteiger partial charge < -0.3 is 5.41 Å². The first-order valence-electron chi connectivity index (χ1n) is 4.69. The predicted octanol–water partition coefficient (Wildman–Crippen LogP) is 2.85. The van der Waals surface area contributed by atoms with Crippen molar-refractivity contribution in [3.05, 3.63) is 12.3 Å². The summed E-state index contributed by atoms with van der Waals surface area (Å²) in [5.41, 5.74) is 1.67. The zero-order chi connectivity index (χ0) is 9.68. The molecule has 1 fully saturated rings. The van der Waals surface area contributed by atoms with E-state index in [1.807, 2.05) is 13.0 Å². The summed E-state index contributed by atoms with van der Waals surface area (Å²) in [4.78, 5) is 4.27. The zero-order valence-electron chi connectivity index (χ0n) is 7.95. The van der Waals surface area contributed by atoms with Gasteiger partial charge in [0.05, 0.1) is 11.4 Å². The Morgan fingerprint density at radius 3 is 2.77 bits per heavy atom. The van der Waals surface area contributed by atoms with E-state index in [0.717, 1.165) is 25.0 Å². The van der Waals surface area contributed by atoms with Crippen molar-refractivity contribution in [1.29, 1.82) is 5.41 Å². The maximum Gasteiger partial charge on any atom is 0.0610 e. The van der Waals surface area contributed by atoms with E-state index in [4.69, 9.17) is 5.41 Å². The van der Waals surface area contributed by atoms with Gasteiger partial charge in [0, 0.05) is 11.4 Å². The molecule has 0 bridgehead atoms. The molecule has 72 valence electrons. The summed E-state index contributed by atoms with van der Waals surface area (Å²) < 4.78 is 0. The molecular formula is C10H16N2S. The van der Waals surface area contributed by atoms with Gasteiger partial charge in [0.2, 0.25) is 0 Å². The zero-order valence-corrected chi connectivity index (χ0v) is 8.85. The van der Waals surface area contributed by atoms with Crippen LogP contribution in [-0.4, -0.2) is 16.7 Å². The first kappa shape index (κ1) is 10.5. The van der Waals surface area contributed by atoms with Crippen molar-refractivity contribution in [2.24, 2.45) is 4.99 Å². The number of nitrogens with one attached hydrogen (secondary N) is 1. The quantitative estimate of drug-likeness (QED) is 0.637. The molecule has 1 saturated carbocycles. The van der Waals surface area contributed by atoms with E-state index in [9.17, 15) is 0 Å². The second kappa shape index (κ2) is 5.22. The van der Waals surface area contributed by atoms with Gasteiger partial charge in [-0.05, 0) is 32.6 Å². The molecule has 0 aromatic rings. The Kier molecular flexibility index (Phi) is 4.22. The highest BCUT2D eigenvalue weighted by atomic mass is 32.1. The molecule has 1 aliphatic rings. The van der Waals surface area contributed by atoms with Crippen LogP contribution in [0.15, 0.2) is 17.3 Å². The monoisotopic (exact) mass is 196 g/mol. The standard InChI is InChI=1S/C10H16N2S/c1-8(13)6-7-12-10-5-3-2-4-9(10)11/h6-8,11,13H,2-5H2,1H3/b7-6-,11-9?,12-10?. The van der Waals surface area contributed by atoms with Crippen molar-refractivity contribution in [3.63, 3.8) is 0 Å². The number of hydrogen-bond acceptors (Lipinski definition) is 3. The molecular weight excluding hydrogens is 180 g/mol. The highest BCUT2D eigenvalue weighted by Gasteiger charge is 2.11. The molecule has 1 rings (SSSR count). The van der Waals surface area contributed by atoms with Crippen LogP contribution in [0.2, 0.25) is 0 Å². The Balaban J connectivity index is 2.53. The number of thiol groups is 1. The normalized spacial score (nSPS) is 24.2. The van der Waals surface area contributed by atoms with E-state index in [-0.39, 0.29) is 5.25 Å². The van der Waals surface area contributed by atoms with Gasteiger partial charge in [0.25, 0.3) is 0 Å². The van der Waals surface area contributed by atoms with Crippen LogP contribution < -0.4 is 0 Å². The maximum absolute atomic E-state index is 7.65. The molecule has 0 heterocycles. The molecule has 0 radical (unpaired) electrons. The van der Waals surface area contributed by atoms with Gasteiger partial charge in [0.15, 0.2) is 0 Å². The maximum atomic E-state index is 7.65. The van der Waals surface area contributed by atoms with E-state index in [0.29, 0.717) is 5.71 Å². The second-order valence-electron chi connectivity index (χ2n) is 3.34. The minimum absolute atomic E-state index is 0.238. The molecule has 1 N–H and O–H groups in total. The van der Waals surface area contributed by atoms with Crippen molar-refractivity contribution in [2.45, 2.75) is 37.9 Å². The van der Waals surface area contributed by atoms with Gasteiger partial charge >= 0.3 is 0 Å². The molecule has 1 aliphatic carbocycles. The van der Waals surface area contributed by atoms with E-state index in [1.165, 1.54) is 6.42 Å². The Morgan fingerprint density at radius 2 is 2.15 bits per heavy atom. The van der Waals surface area contributed by atoms with Gasteiger partial charge in [-0.15, -0.1) is 0 Å². The van der Waals surface area contributed by atoms with Gasteiger partial charge in [-0.1, -0.05) is 6.08 Å². The first-order chi connectivity index (χ1) is 6.20. The average Bonchev–Trinajstić information content (AvgIpc) is 2.08. The summed E-state index contributed by atoms with van der Waals surface area (Å²) in [7, 11) is 0. The van der Waals surface area contributed by atoms with Gasteiger partial charge in [-0.2, -0.15) is 12.6 Å². The molecule has 0 saturated heterocycles. The molecule has 1 atom stereocenters. The molecule has 0 aromatic heterocycles. The smallest absolute Gasteiger partial charge is 0.0610 e. The Morgan fingerprint density at radius 1 is 1.46 bits per heavy atom. The molecule has 0 amide bonds. The highest BCUT2D eigenvalue weighted by molar-refractivity contribution is 7.81. The summed E-state index contributed by atoms with van der Waals surface area (Å²) in [5.74, 6) is 0. The lowest BCUT2D eigenvalue weighted by Crippen LogP contribution is -2.17. The summed E-state index contributed by atoms with van der Waals surface area (Å²) in [6.45, 7) is 1.99. The number of rotatable bonds is 2. The molecule has 2 nitrogen and oxygen atoms in total. The predicted molar refractivity (Wildman–Crippen MR) is 61.2 cm³/mol. The fourth-order valence-electron chi connectivity index (χ4n) is 1.29. The van der Waals surface area contributed by atoms with Gasteiger partial charge in [-0.3, -0.25) is 4.99 Å². The highest BCUT2D eigenvalue weighted by Crippen LogP contribution is 2.12. The Labute approximate surface area is 85.1 Å². The third-order valence-corrected chi connectivity index (χ3v) is 2.21. The van der Waals surface area contributed by atoms with Crippen LogP contribution >= 0.6 is 12.6 Å². The third-order valence-electron chi connectivity index (χ3n) is 2.03. The lowest BCUT2D eigenvalue weighted by Gasteiger charge is -2.12. The molecule has 0 spiro atoms. The van der Waals surface area contributed by atoms with Crippen LogP contribution in [0.25, 0.3) is 0 Å². The molecule has 0 aliphatic heterocycles. The van der Waals surface area contributed by atoms with Crippen LogP contribution in [0.1, 0.15) is 32.6 Å². The van der Waals surface area contributed by atoms with Gasteiger partial charge in [-0.25, -0.2) is 0 Å². The largest absolute Gasteiger partial charge is 0.303 e. The molecule has 1 unspecified atom stereocenters. The van der Waals surface area contributed by atoms with Crippen molar-refractivity contribution in [3.8, 4) is 0 Å². The number of aliphatic imine (C=N–C) groups is 1. The molecule has 13 heavy (non-hydrogen) atoms. The third kappa shape index (κ3) is 3.77. The van der Waals surface area contributed by atoms with E-state index in [1.54, 1.807) is 6.20 Å². The lowest BCUT2D eigenvalue weighted by atomic mass is 9.96. The fraction of sp³-hybridized carbons (Fsp3) is 0.600. The van der Waals surface area contributed by atoms with E-state index < -0.39 is 0 Å². The SMILES string of the molecule is CC(S)/C=C\N=C1CCCCC1=N. The summed E-state index contributed by atoms with van der Waals surface area (Å²) in [6, 6.07) is 0.